The van der Waals surface area contributed by atoms with Crippen LogP contribution in [0, 0.1) is 11.6 Å². The van der Waals surface area contributed by atoms with Gasteiger partial charge in [-0.3, -0.25) is 9.48 Å². The maximum atomic E-state index is 13.5. The number of halogens is 2. The monoisotopic (exact) mass is 355 g/mol. The summed E-state index contributed by atoms with van der Waals surface area (Å²) in [7, 11) is 0. The van der Waals surface area contributed by atoms with E-state index in [1.165, 1.54) is 6.07 Å². The molecule has 4 nitrogen and oxygen atoms in total. The quantitative estimate of drug-likeness (QED) is 0.731. The van der Waals surface area contributed by atoms with Gasteiger partial charge in [-0.15, -0.1) is 0 Å². The molecule has 6 heteroatoms. The van der Waals surface area contributed by atoms with Gasteiger partial charge in [0.1, 0.15) is 0 Å². The Balaban J connectivity index is 1.73. The summed E-state index contributed by atoms with van der Waals surface area (Å²) in [6, 6.07) is 15.1. The van der Waals surface area contributed by atoms with E-state index in [-0.39, 0.29) is 11.6 Å². The van der Waals surface area contributed by atoms with Crippen LogP contribution in [-0.2, 0) is 13.0 Å². The number of nitrogens with zero attached hydrogens (tertiary/aromatic N) is 2. The molecule has 0 atom stereocenters. The fourth-order valence-corrected chi connectivity index (χ4v) is 2.71. The minimum Gasteiger partial charge on any atom is -0.350 e. The third-order valence-electron chi connectivity index (χ3n) is 4.07. The maximum Gasteiger partial charge on any atom is 0.271 e. The number of hydrogen-bond acceptors (Lipinski definition) is 2. The van der Waals surface area contributed by atoms with Crippen LogP contribution in [0.15, 0.2) is 54.6 Å². The molecule has 3 rings (SSSR count). The fraction of sp³-hybridized carbons (Fsp3) is 0.200. The van der Waals surface area contributed by atoms with Gasteiger partial charge in [-0.1, -0.05) is 30.3 Å². The van der Waals surface area contributed by atoms with Crippen LogP contribution >= 0.6 is 0 Å². The Bertz CT molecular complexity index is 907. The molecule has 3 aromatic rings. The van der Waals surface area contributed by atoms with Crippen molar-refractivity contribution in [3.05, 3.63) is 77.5 Å². The Hall–Kier alpha value is -3.02. The molecule has 0 fully saturated rings. The number of nitrogens with one attached hydrogen (secondary N) is 1. The highest BCUT2D eigenvalue weighted by Crippen LogP contribution is 2.23. The molecule has 26 heavy (non-hydrogen) atoms. The molecule has 134 valence electrons. The van der Waals surface area contributed by atoms with Crippen LogP contribution in [0.2, 0.25) is 0 Å². The van der Waals surface area contributed by atoms with Crippen molar-refractivity contribution in [3.8, 4) is 11.3 Å². The van der Waals surface area contributed by atoms with Crippen molar-refractivity contribution in [1.29, 1.82) is 0 Å². The fourth-order valence-electron chi connectivity index (χ4n) is 2.71. The minimum absolute atomic E-state index is 0.250. The van der Waals surface area contributed by atoms with Gasteiger partial charge in [0.25, 0.3) is 5.91 Å². The van der Waals surface area contributed by atoms with Crippen molar-refractivity contribution in [2.24, 2.45) is 0 Å². The SMILES string of the molecule is CCn1nc(C(=O)NCCc2ccccc2)cc1-c1ccc(F)c(F)c1. The third kappa shape index (κ3) is 3.96. The predicted octanol–water partition coefficient (Wildman–Crippen LogP) is 3.82. The lowest BCUT2D eigenvalue weighted by Crippen LogP contribution is -2.26. The lowest BCUT2D eigenvalue weighted by molar-refractivity contribution is 0.0948. The highest BCUT2D eigenvalue weighted by molar-refractivity contribution is 5.93. The lowest BCUT2D eigenvalue weighted by atomic mass is 10.1. The van der Waals surface area contributed by atoms with Gasteiger partial charge >= 0.3 is 0 Å². The van der Waals surface area contributed by atoms with Gasteiger partial charge in [0.2, 0.25) is 0 Å². The summed E-state index contributed by atoms with van der Waals surface area (Å²) in [5.74, 6) is -2.13. The maximum absolute atomic E-state index is 13.5. The Kier molecular flexibility index (Phi) is 5.41. The largest absolute Gasteiger partial charge is 0.350 e. The summed E-state index contributed by atoms with van der Waals surface area (Å²) >= 11 is 0. The average Bonchev–Trinajstić information content (AvgIpc) is 3.09. The van der Waals surface area contributed by atoms with E-state index >= 15 is 0 Å². The number of carbonyl (C=O) groups excluding carboxylic acids is 1. The standard InChI is InChI=1S/C20H19F2N3O/c1-2-25-19(15-8-9-16(21)17(22)12-15)13-18(24-25)20(26)23-11-10-14-6-4-3-5-7-14/h3-9,12-13H,2,10-11H2,1H3,(H,23,26). The molecular weight excluding hydrogens is 336 g/mol. The Morgan fingerprint density at radius 2 is 1.85 bits per heavy atom. The molecule has 0 spiro atoms. The zero-order chi connectivity index (χ0) is 18.5. The van der Waals surface area contributed by atoms with E-state index < -0.39 is 11.6 Å². The van der Waals surface area contributed by atoms with Crippen LogP contribution < -0.4 is 5.32 Å². The molecule has 2 aromatic carbocycles. The van der Waals surface area contributed by atoms with Gasteiger partial charge in [0, 0.05) is 18.7 Å². The Morgan fingerprint density at radius 3 is 2.54 bits per heavy atom. The number of aryl methyl sites for hydroxylation is 1. The smallest absolute Gasteiger partial charge is 0.271 e. The van der Waals surface area contributed by atoms with E-state index in [4.69, 9.17) is 0 Å². The molecule has 1 amide bonds. The molecule has 0 unspecified atom stereocenters. The second-order valence-corrected chi connectivity index (χ2v) is 5.85. The van der Waals surface area contributed by atoms with Crippen LogP contribution in [0.3, 0.4) is 0 Å². The second-order valence-electron chi connectivity index (χ2n) is 5.85. The van der Waals surface area contributed by atoms with Crippen molar-refractivity contribution in [3.63, 3.8) is 0 Å². The highest BCUT2D eigenvalue weighted by Gasteiger charge is 2.16. The van der Waals surface area contributed by atoms with E-state index in [0.717, 1.165) is 24.1 Å². The van der Waals surface area contributed by atoms with Crippen LogP contribution in [0.1, 0.15) is 23.0 Å². The molecule has 0 aliphatic heterocycles. The molecular formula is C20H19F2N3O. The zero-order valence-electron chi connectivity index (χ0n) is 14.4. The lowest BCUT2D eigenvalue weighted by Gasteiger charge is -2.04. The first kappa shape index (κ1) is 17.8. The first-order valence-electron chi connectivity index (χ1n) is 8.44. The predicted molar refractivity (Wildman–Crippen MR) is 95.7 cm³/mol. The zero-order valence-corrected chi connectivity index (χ0v) is 14.4. The minimum atomic E-state index is -0.930. The van der Waals surface area contributed by atoms with E-state index in [2.05, 4.69) is 10.4 Å². The van der Waals surface area contributed by atoms with E-state index in [0.29, 0.717) is 24.3 Å². The first-order chi connectivity index (χ1) is 12.6. The molecule has 0 aliphatic carbocycles. The van der Waals surface area contributed by atoms with Gasteiger partial charge in [0.15, 0.2) is 17.3 Å². The molecule has 0 radical (unpaired) electrons. The molecule has 0 aliphatic rings. The van der Waals surface area contributed by atoms with Crippen molar-refractivity contribution >= 4 is 5.91 Å². The topological polar surface area (TPSA) is 46.9 Å². The van der Waals surface area contributed by atoms with Gasteiger partial charge in [-0.25, -0.2) is 8.78 Å². The van der Waals surface area contributed by atoms with Crippen molar-refractivity contribution in [2.75, 3.05) is 6.54 Å². The molecule has 1 N–H and O–H groups in total. The Labute approximate surface area is 150 Å². The normalized spacial score (nSPS) is 10.7. The number of benzene rings is 2. The Morgan fingerprint density at radius 1 is 1.08 bits per heavy atom. The summed E-state index contributed by atoms with van der Waals surface area (Å²) in [6.07, 6.45) is 0.719. The van der Waals surface area contributed by atoms with Crippen LogP contribution in [0.4, 0.5) is 8.78 Å². The summed E-state index contributed by atoms with van der Waals surface area (Å²) in [6.45, 7) is 2.86. The van der Waals surface area contributed by atoms with Gasteiger partial charge in [-0.05, 0) is 43.2 Å². The van der Waals surface area contributed by atoms with Crippen LogP contribution in [-0.4, -0.2) is 22.2 Å². The number of carbonyl (C=O) groups is 1. The summed E-state index contributed by atoms with van der Waals surface area (Å²) in [5, 5.41) is 7.11. The molecule has 0 saturated carbocycles. The van der Waals surface area contributed by atoms with Crippen LogP contribution in [0.5, 0.6) is 0 Å². The average molecular weight is 355 g/mol. The third-order valence-corrected chi connectivity index (χ3v) is 4.07. The summed E-state index contributed by atoms with van der Waals surface area (Å²) in [4.78, 5) is 12.3. The number of rotatable bonds is 6. The highest BCUT2D eigenvalue weighted by atomic mass is 19.2. The first-order valence-corrected chi connectivity index (χ1v) is 8.44. The second kappa shape index (κ2) is 7.91. The summed E-state index contributed by atoms with van der Waals surface area (Å²) < 4.78 is 28.3. The van der Waals surface area contributed by atoms with E-state index in [1.807, 2.05) is 37.3 Å². The van der Waals surface area contributed by atoms with E-state index in [1.54, 1.807) is 10.7 Å². The number of hydrogen-bond donors (Lipinski definition) is 1. The number of amides is 1. The van der Waals surface area contributed by atoms with Gasteiger partial charge in [0.05, 0.1) is 5.69 Å². The number of aromatic nitrogens is 2. The van der Waals surface area contributed by atoms with Gasteiger partial charge < -0.3 is 5.32 Å². The van der Waals surface area contributed by atoms with Crippen LogP contribution in [0.25, 0.3) is 11.3 Å². The molecule has 1 aromatic heterocycles. The van der Waals surface area contributed by atoms with E-state index in [9.17, 15) is 13.6 Å². The molecule has 0 saturated heterocycles. The molecule has 1 heterocycles. The van der Waals surface area contributed by atoms with Crippen molar-refractivity contribution < 1.29 is 13.6 Å². The van der Waals surface area contributed by atoms with Gasteiger partial charge in [-0.2, -0.15) is 5.10 Å². The molecule has 0 bridgehead atoms. The van der Waals surface area contributed by atoms with Crippen molar-refractivity contribution in [1.82, 2.24) is 15.1 Å². The summed E-state index contributed by atoms with van der Waals surface area (Å²) in [5.41, 5.74) is 2.43. The van der Waals surface area contributed by atoms with Crippen molar-refractivity contribution in [2.45, 2.75) is 19.9 Å².